The summed E-state index contributed by atoms with van der Waals surface area (Å²) in [6, 6.07) is 6.55. The fourth-order valence-corrected chi connectivity index (χ4v) is 1.48. The molecule has 0 atom stereocenters. The first-order valence-corrected chi connectivity index (χ1v) is 6.57. The molecule has 1 aromatic carbocycles. The van der Waals surface area contributed by atoms with Crippen LogP contribution in [-0.4, -0.2) is 35.4 Å². The maximum Gasteiger partial charge on any atom is 0.328 e. The Bertz CT molecular complexity index is 539. The highest BCUT2D eigenvalue weighted by Gasteiger charge is 2.05. The van der Waals surface area contributed by atoms with E-state index in [1.807, 2.05) is 0 Å². The molecule has 0 fully saturated rings. The van der Waals surface area contributed by atoms with E-state index in [0.29, 0.717) is 5.69 Å². The van der Waals surface area contributed by atoms with E-state index in [0.717, 1.165) is 17.7 Å². The number of aliphatic carboxylic acids is 1. The molecule has 1 amide bonds. The first kappa shape index (κ1) is 16.7. The Balaban J connectivity index is 2.52. The summed E-state index contributed by atoms with van der Waals surface area (Å²) in [5, 5.41) is 10.9. The summed E-state index contributed by atoms with van der Waals surface area (Å²) in [5.74, 6) is -1.87. The molecule has 0 spiro atoms. The van der Waals surface area contributed by atoms with Gasteiger partial charge in [0.15, 0.2) is 0 Å². The number of carboxylic acid groups (broad SMARTS) is 1. The van der Waals surface area contributed by atoms with Gasteiger partial charge in [-0.05, 0) is 17.7 Å². The minimum Gasteiger partial charge on any atom is -0.478 e. The van der Waals surface area contributed by atoms with E-state index in [-0.39, 0.29) is 24.9 Å². The van der Waals surface area contributed by atoms with Crippen molar-refractivity contribution in [2.24, 2.45) is 0 Å². The van der Waals surface area contributed by atoms with Crippen molar-refractivity contribution in [3.8, 4) is 0 Å². The number of amides is 1. The molecule has 0 heterocycles. The smallest absolute Gasteiger partial charge is 0.328 e. The first-order valence-electron chi connectivity index (χ1n) is 6.04. The topological polar surface area (TPSA) is 92.7 Å². The molecule has 0 unspecified atom stereocenters. The Kier molecular flexibility index (Phi) is 6.97. The van der Waals surface area contributed by atoms with Gasteiger partial charge in [0.25, 0.3) is 0 Å². The second-order valence-electron chi connectivity index (χ2n) is 3.94. The van der Waals surface area contributed by atoms with Crippen LogP contribution in [0.25, 0.3) is 0 Å². The molecule has 112 valence electrons. The van der Waals surface area contributed by atoms with Crippen molar-refractivity contribution in [2.75, 3.05) is 17.8 Å². The number of alkyl halides is 1. The van der Waals surface area contributed by atoms with Crippen LogP contribution in [0.4, 0.5) is 5.69 Å². The number of ether oxygens (including phenoxy) is 1. The summed E-state index contributed by atoms with van der Waals surface area (Å²) >= 11 is 5.40. The molecule has 2 N–H and O–H groups in total. The van der Waals surface area contributed by atoms with Gasteiger partial charge in [-0.15, -0.1) is 11.6 Å². The van der Waals surface area contributed by atoms with Crippen molar-refractivity contribution in [3.63, 3.8) is 0 Å². The molecule has 0 saturated heterocycles. The third kappa shape index (κ3) is 7.12. The highest BCUT2D eigenvalue weighted by Crippen LogP contribution is 2.10. The van der Waals surface area contributed by atoms with Crippen molar-refractivity contribution in [1.82, 2.24) is 0 Å². The number of rotatable bonds is 7. The van der Waals surface area contributed by atoms with Crippen LogP contribution >= 0.6 is 11.6 Å². The highest BCUT2D eigenvalue weighted by molar-refractivity contribution is 6.18. The Labute approximate surface area is 126 Å². The predicted molar refractivity (Wildman–Crippen MR) is 77.2 cm³/mol. The molecule has 1 aromatic rings. The molecule has 7 heteroatoms. The monoisotopic (exact) mass is 311 g/mol. The van der Waals surface area contributed by atoms with Crippen molar-refractivity contribution in [1.29, 1.82) is 0 Å². The van der Waals surface area contributed by atoms with Gasteiger partial charge in [0.1, 0.15) is 6.61 Å². The maximum absolute atomic E-state index is 11.4. The predicted octanol–water partition coefficient (Wildman–Crippen LogP) is 1.59. The molecule has 0 radical (unpaired) electrons. The van der Waals surface area contributed by atoms with Crippen LogP contribution in [0.15, 0.2) is 36.4 Å². The summed E-state index contributed by atoms with van der Waals surface area (Å²) in [7, 11) is 0. The lowest BCUT2D eigenvalue weighted by Crippen LogP contribution is -2.10. The Hall–Kier alpha value is -2.34. The highest BCUT2D eigenvalue weighted by atomic mass is 35.5. The number of benzene rings is 1. The van der Waals surface area contributed by atoms with E-state index in [4.69, 9.17) is 21.4 Å². The van der Waals surface area contributed by atoms with Crippen LogP contribution in [0.1, 0.15) is 5.56 Å². The molecule has 0 saturated carbocycles. The molecule has 6 nitrogen and oxygen atoms in total. The molecular weight excluding hydrogens is 298 g/mol. The molecule has 21 heavy (non-hydrogen) atoms. The van der Waals surface area contributed by atoms with Crippen LogP contribution in [0.2, 0.25) is 0 Å². The average molecular weight is 312 g/mol. The SMILES string of the molecule is O=C(O)/C=C/C(=O)Nc1ccc(CC(=O)OCCCl)cc1. The number of carbonyl (C=O) groups is 3. The van der Waals surface area contributed by atoms with Crippen molar-refractivity contribution in [2.45, 2.75) is 6.42 Å². The fourth-order valence-electron chi connectivity index (χ4n) is 1.41. The number of esters is 1. The van der Waals surface area contributed by atoms with Crippen LogP contribution in [0.3, 0.4) is 0 Å². The van der Waals surface area contributed by atoms with E-state index in [1.165, 1.54) is 0 Å². The third-order valence-electron chi connectivity index (χ3n) is 2.29. The van der Waals surface area contributed by atoms with Gasteiger partial charge in [0.05, 0.1) is 12.3 Å². The molecular formula is C14H14ClNO5. The zero-order chi connectivity index (χ0) is 15.7. The van der Waals surface area contributed by atoms with Crippen molar-refractivity contribution >= 4 is 35.1 Å². The van der Waals surface area contributed by atoms with Gasteiger partial charge in [0.2, 0.25) is 5.91 Å². The van der Waals surface area contributed by atoms with Gasteiger partial charge in [-0.2, -0.15) is 0 Å². The summed E-state index contributed by atoms with van der Waals surface area (Å²) in [6.07, 6.45) is 1.78. The van der Waals surface area contributed by atoms with Crippen molar-refractivity contribution < 1.29 is 24.2 Å². The van der Waals surface area contributed by atoms with E-state index < -0.39 is 11.9 Å². The molecule has 0 aliphatic rings. The molecule has 0 aromatic heterocycles. The molecule has 0 aliphatic heterocycles. The lowest BCUT2D eigenvalue weighted by atomic mass is 10.1. The van der Waals surface area contributed by atoms with Gasteiger partial charge in [-0.3, -0.25) is 9.59 Å². The zero-order valence-electron chi connectivity index (χ0n) is 11.0. The van der Waals surface area contributed by atoms with Gasteiger partial charge >= 0.3 is 11.9 Å². The number of halogens is 1. The minimum atomic E-state index is -1.20. The van der Waals surface area contributed by atoms with Gasteiger partial charge in [-0.25, -0.2) is 4.79 Å². The van der Waals surface area contributed by atoms with E-state index in [2.05, 4.69) is 5.32 Å². The Morgan fingerprint density at radius 1 is 1.19 bits per heavy atom. The van der Waals surface area contributed by atoms with Crippen LogP contribution in [0, 0.1) is 0 Å². The Morgan fingerprint density at radius 3 is 2.43 bits per heavy atom. The normalized spacial score (nSPS) is 10.3. The fraction of sp³-hybridized carbons (Fsp3) is 0.214. The lowest BCUT2D eigenvalue weighted by Gasteiger charge is -2.05. The second kappa shape index (κ2) is 8.76. The van der Waals surface area contributed by atoms with E-state index in [1.54, 1.807) is 24.3 Å². The summed E-state index contributed by atoms with van der Waals surface area (Å²) in [5.41, 5.74) is 1.22. The van der Waals surface area contributed by atoms with Crippen molar-refractivity contribution in [3.05, 3.63) is 42.0 Å². The largest absolute Gasteiger partial charge is 0.478 e. The maximum atomic E-state index is 11.4. The number of anilines is 1. The molecule has 0 bridgehead atoms. The van der Waals surface area contributed by atoms with Gasteiger partial charge in [0, 0.05) is 17.8 Å². The van der Waals surface area contributed by atoms with E-state index in [9.17, 15) is 14.4 Å². The number of carboxylic acids is 1. The summed E-state index contributed by atoms with van der Waals surface area (Å²) in [4.78, 5) is 33.0. The number of nitrogens with one attached hydrogen (secondary N) is 1. The standard InChI is InChI=1S/C14H14ClNO5/c15-7-8-21-14(20)9-10-1-3-11(4-2-10)16-12(17)5-6-13(18)19/h1-6H,7-9H2,(H,16,17)(H,18,19)/b6-5+. The van der Waals surface area contributed by atoms with E-state index >= 15 is 0 Å². The number of hydrogen-bond acceptors (Lipinski definition) is 4. The number of carbonyl (C=O) groups excluding carboxylic acids is 2. The quantitative estimate of drug-likeness (QED) is 0.453. The second-order valence-corrected chi connectivity index (χ2v) is 4.32. The zero-order valence-corrected chi connectivity index (χ0v) is 11.8. The van der Waals surface area contributed by atoms with Crippen LogP contribution < -0.4 is 5.32 Å². The summed E-state index contributed by atoms with van der Waals surface area (Å²) in [6.45, 7) is 0.171. The third-order valence-corrected chi connectivity index (χ3v) is 2.44. The van der Waals surface area contributed by atoms with Gasteiger partial charge < -0.3 is 15.2 Å². The average Bonchev–Trinajstić information content (AvgIpc) is 2.45. The minimum absolute atomic E-state index is 0.115. The van der Waals surface area contributed by atoms with Gasteiger partial charge in [-0.1, -0.05) is 12.1 Å². The first-order chi connectivity index (χ1) is 10.0. The van der Waals surface area contributed by atoms with Crippen LogP contribution in [0.5, 0.6) is 0 Å². The lowest BCUT2D eigenvalue weighted by molar-refractivity contribution is -0.142. The van der Waals surface area contributed by atoms with Crippen LogP contribution in [-0.2, 0) is 25.5 Å². The Morgan fingerprint density at radius 2 is 1.86 bits per heavy atom. The molecule has 0 aliphatic carbocycles. The summed E-state index contributed by atoms with van der Waals surface area (Å²) < 4.78 is 4.84. The number of hydrogen-bond donors (Lipinski definition) is 2. The molecule has 1 rings (SSSR count).